The van der Waals surface area contributed by atoms with E-state index in [1.807, 2.05) is 19.1 Å². The summed E-state index contributed by atoms with van der Waals surface area (Å²) in [5, 5.41) is 4.73. The molecule has 0 radical (unpaired) electrons. The van der Waals surface area contributed by atoms with Crippen LogP contribution in [0.5, 0.6) is 5.75 Å². The molecule has 0 N–H and O–H groups in total. The molecule has 0 atom stereocenters. The molecule has 0 bridgehead atoms. The highest BCUT2D eigenvalue weighted by atomic mass is 35.5. The Hall–Kier alpha value is -0.750. The Balaban J connectivity index is 2.29. The van der Waals surface area contributed by atoms with E-state index in [2.05, 4.69) is 0 Å². The van der Waals surface area contributed by atoms with Gasteiger partial charge < -0.3 is 4.18 Å². The molecule has 126 valence electrons. The third kappa shape index (κ3) is 4.63. The second-order valence-electron chi connectivity index (χ2n) is 4.97. The maximum Gasteiger partial charge on any atom is 0.228 e. The van der Waals surface area contributed by atoms with Crippen molar-refractivity contribution < 1.29 is 8.98 Å². The summed E-state index contributed by atoms with van der Waals surface area (Å²) in [6, 6.07) is 5.44. The van der Waals surface area contributed by atoms with Gasteiger partial charge in [-0.1, -0.05) is 29.3 Å². The first-order chi connectivity index (χ1) is 11.1. The van der Waals surface area contributed by atoms with Crippen LogP contribution in [0.1, 0.15) is 25.3 Å². The zero-order valence-corrected chi connectivity index (χ0v) is 15.7. The highest BCUT2D eigenvalue weighted by Crippen LogP contribution is 2.33. The highest BCUT2D eigenvalue weighted by molar-refractivity contribution is 7.96. The van der Waals surface area contributed by atoms with Gasteiger partial charge in [0.05, 0.1) is 17.1 Å². The summed E-state index contributed by atoms with van der Waals surface area (Å²) >= 11 is 19.3. The lowest BCUT2D eigenvalue weighted by Gasteiger charge is -2.37. The van der Waals surface area contributed by atoms with Crippen LogP contribution in [0.4, 0.5) is 0 Å². The molecule has 0 unspecified atom stereocenters. The van der Waals surface area contributed by atoms with Gasteiger partial charge >= 0.3 is 0 Å². The van der Waals surface area contributed by atoms with Crippen molar-refractivity contribution in [3.63, 3.8) is 0 Å². The average Bonchev–Trinajstić information content (AvgIpc) is 2.59. The van der Waals surface area contributed by atoms with Crippen LogP contribution in [0.2, 0.25) is 5.02 Å². The standard InChI is InChI=1S/C15H17Cl3N2O2S/c1-11(15(18)20-7-3-2-6-19(20)10-21)12-4-5-13(17)14(8-12)22-23-9-16/h4-5,8,10H,2-3,6-7,9H2,1H3/b15-11+. The number of rotatable bonds is 6. The van der Waals surface area contributed by atoms with Gasteiger partial charge in [-0.3, -0.25) is 14.8 Å². The van der Waals surface area contributed by atoms with E-state index in [4.69, 9.17) is 39.0 Å². The maximum absolute atomic E-state index is 11.2. The Labute approximate surface area is 155 Å². The van der Waals surface area contributed by atoms with Crippen LogP contribution in [0.3, 0.4) is 0 Å². The number of allylic oxidation sites excluding steroid dienone is 1. The van der Waals surface area contributed by atoms with E-state index >= 15 is 0 Å². The molecule has 0 aliphatic carbocycles. The lowest BCUT2D eigenvalue weighted by atomic mass is 10.1. The lowest BCUT2D eigenvalue weighted by molar-refractivity contribution is -0.133. The summed E-state index contributed by atoms with van der Waals surface area (Å²) in [6.45, 7) is 3.30. The van der Waals surface area contributed by atoms with Crippen molar-refractivity contribution in [2.45, 2.75) is 19.8 Å². The zero-order chi connectivity index (χ0) is 16.8. The van der Waals surface area contributed by atoms with E-state index in [1.54, 1.807) is 16.1 Å². The van der Waals surface area contributed by atoms with Crippen molar-refractivity contribution in [2.75, 3.05) is 18.3 Å². The van der Waals surface area contributed by atoms with E-state index in [0.717, 1.165) is 42.4 Å². The van der Waals surface area contributed by atoms with Crippen LogP contribution in [0.15, 0.2) is 23.4 Å². The Morgan fingerprint density at radius 2 is 2.13 bits per heavy atom. The molecular formula is C15H17Cl3N2O2S. The first kappa shape index (κ1) is 18.6. The van der Waals surface area contributed by atoms with E-state index in [0.29, 0.717) is 34.2 Å². The zero-order valence-electron chi connectivity index (χ0n) is 12.6. The number of nitrogens with zero attached hydrogens (tertiary/aromatic N) is 2. The molecule has 1 aliphatic heterocycles. The molecule has 0 saturated carbocycles. The molecule has 1 aromatic rings. The number of carbonyl (C=O) groups is 1. The normalized spacial score (nSPS) is 16.2. The predicted molar refractivity (Wildman–Crippen MR) is 97.5 cm³/mol. The quantitative estimate of drug-likeness (QED) is 0.295. The molecule has 1 aromatic carbocycles. The van der Waals surface area contributed by atoms with Gasteiger partial charge in [-0.25, -0.2) is 0 Å². The minimum Gasteiger partial charge on any atom is -0.423 e. The molecule has 1 heterocycles. The fraction of sp³-hybridized carbons (Fsp3) is 0.400. The van der Waals surface area contributed by atoms with Crippen molar-refractivity contribution in [1.29, 1.82) is 0 Å². The smallest absolute Gasteiger partial charge is 0.228 e. The molecule has 1 saturated heterocycles. The van der Waals surface area contributed by atoms with Gasteiger partial charge in [0.15, 0.2) is 5.75 Å². The highest BCUT2D eigenvalue weighted by Gasteiger charge is 2.21. The molecular weight excluding hydrogens is 379 g/mol. The summed E-state index contributed by atoms with van der Waals surface area (Å²) in [5.74, 6) is 0.532. The van der Waals surface area contributed by atoms with Crippen LogP contribution >= 0.6 is 46.8 Å². The average molecular weight is 396 g/mol. The van der Waals surface area contributed by atoms with Crippen LogP contribution in [-0.4, -0.2) is 34.7 Å². The Morgan fingerprint density at radius 1 is 1.39 bits per heavy atom. The number of alkyl halides is 1. The van der Waals surface area contributed by atoms with Crippen molar-refractivity contribution in [1.82, 2.24) is 10.0 Å². The monoisotopic (exact) mass is 394 g/mol. The molecule has 23 heavy (non-hydrogen) atoms. The molecule has 0 spiro atoms. The first-order valence-electron chi connectivity index (χ1n) is 7.09. The van der Waals surface area contributed by atoms with Crippen LogP contribution in [0, 0.1) is 0 Å². The van der Waals surface area contributed by atoms with E-state index in [-0.39, 0.29) is 0 Å². The third-order valence-electron chi connectivity index (χ3n) is 3.53. The van der Waals surface area contributed by atoms with Gasteiger partial charge in [0.1, 0.15) is 10.4 Å². The summed E-state index contributed by atoms with van der Waals surface area (Å²) in [7, 11) is 0. The number of carbonyl (C=O) groups excluding carboxylic acids is 1. The third-order valence-corrected chi connectivity index (χ3v) is 4.98. The number of hydrogen-bond donors (Lipinski definition) is 0. The molecule has 1 amide bonds. The Kier molecular flexibility index (Phi) is 7.21. The van der Waals surface area contributed by atoms with Gasteiger partial charge in [-0.15, -0.1) is 11.6 Å². The molecule has 8 heteroatoms. The van der Waals surface area contributed by atoms with Crippen LogP contribution < -0.4 is 4.18 Å². The number of amides is 1. The van der Waals surface area contributed by atoms with Gasteiger partial charge in [0.25, 0.3) is 0 Å². The fourth-order valence-corrected chi connectivity index (χ4v) is 3.24. The maximum atomic E-state index is 11.2. The largest absolute Gasteiger partial charge is 0.423 e. The SMILES string of the molecule is C/C(=C(/Cl)N1CCCCN1C=O)c1ccc(Cl)c(OSCCl)c1. The second kappa shape index (κ2) is 8.92. The molecule has 1 fully saturated rings. The number of hydrazine groups is 1. The van der Waals surface area contributed by atoms with Crippen molar-refractivity contribution in [3.8, 4) is 5.75 Å². The number of hydrogen-bond acceptors (Lipinski definition) is 4. The molecule has 0 aromatic heterocycles. The van der Waals surface area contributed by atoms with Crippen molar-refractivity contribution >= 4 is 58.8 Å². The summed E-state index contributed by atoms with van der Waals surface area (Å²) < 4.78 is 5.45. The topological polar surface area (TPSA) is 32.8 Å². The minimum absolute atomic E-state index is 0.304. The second-order valence-corrected chi connectivity index (χ2v) is 7.01. The van der Waals surface area contributed by atoms with Crippen LogP contribution in [0.25, 0.3) is 5.57 Å². The lowest BCUT2D eigenvalue weighted by Crippen LogP contribution is -2.44. The van der Waals surface area contributed by atoms with Gasteiger partial charge in [-0.2, -0.15) is 0 Å². The molecule has 1 aliphatic rings. The Morgan fingerprint density at radius 3 is 2.83 bits per heavy atom. The fourth-order valence-electron chi connectivity index (χ4n) is 2.30. The minimum atomic E-state index is 0.304. The van der Waals surface area contributed by atoms with Gasteiger partial charge in [0, 0.05) is 13.1 Å². The van der Waals surface area contributed by atoms with Crippen molar-refractivity contribution in [2.24, 2.45) is 0 Å². The first-order valence-corrected chi connectivity index (χ1v) is 9.29. The van der Waals surface area contributed by atoms with Gasteiger partial charge in [-0.05, 0) is 43.0 Å². The van der Waals surface area contributed by atoms with Gasteiger partial charge in [0.2, 0.25) is 6.41 Å². The molecule has 2 rings (SSSR count). The van der Waals surface area contributed by atoms with E-state index in [9.17, 15) is 4.79 Å². The number of benzene rings is 1. The predicted octanol–water partition coefficient (Wildman–Crippen LogP) is 4.96. The Bertz CT molecular complexity index is 598. The molecule has 4 nitrogen and oxygen atoms in total. The summed E-state index contributed by atoms with van der Waals surface area (Å²) in [4.78, 5) is 11.2. The van der Waals surface area contributed by atoms with Crippen LogP contribution in [-0.2, 0) is 4.79 Å². The van der Waals surface area contributed by atoms with Crippen molar-refractivity contribution in [3.05, 3.63) is 33.9 Å². The van der Waals surface area contributed by atoms with E-state index < -0.39 is 0 Å². The summed E-state index contributed by atoms with van der Waals surface area (Å²) in [6.07, 6.45) is 2.78. The van der Waals surface area contributed by atoms with E-state index in [1.165, 1.54) is 0 Å². The summed E-state index contributed by atoms with van der Waals surface area (Å²) in [5.41, 5.74) is 1.72. The number of halogens is 3.